The zero-order valence-electron chi connectivity index (χ0n) is 12.1. The molecule has 0 aromatic heterocycles. The van der Waals surface area contributed by atoms with E-state index in [0.29, 0.717) is 0 Å². The van der Waals surface area contributed by atoms with Crippen molar-refractivity contribution in [3.8, 4) is 0 Å². The van der Waals surface area contributed by atoms with Crippen molar-refractivity contribution in [3.63, 3.8) is 0 Å². The number of esters is 1. The fourth-order valence-corrected chi connectivity index (χ4v) is 1.58. The first-order valence-corrected chi connectivity index (χ1v) is 6.16. The number of nitrogens with zero attached hydrogens (tertiary/aromatic N) is 1. The van der Waals surface area contributed by atoms with E-state index in [4.69, 9.17) is 9.47 Å². The Bertz CT molecular complexity index is 390. The summed E-state index contributed by atoms with van der Waals surface area (Å²) in [5.41, 5.74) is -0.640. The van der Waals surface area contributed by atoms with Gasteiger partial charge in [0.05, 0.1) is 13.7 Å². The molecule has 0 aliphatic carbocycles. The van der Waals surface area contributed by atoms with Crippen LogP contribution in [0.5, 0.6) is 0 Å². The molecule has 1 fully saturated rings. The molecule has 0 bridgehead atoms. The van der Waals surface area contributed by atoms with E-state index in [1.54, 1.807) is 20.8 Å². The summed E-state index contributed by atoms with van der Waals surface area (Å²) in [6.07, 6.45) is -0.694. The molecule has 0 radical (unpaired) electrons. The van der Waals surface area contributed by atoms with Crippen LogP contribution in [0.15, 0.2) is 0 Å². The lowest BCUT2D eigenvalue weighted by molar-refractivity contribution is -0.150. The van der Waals surface area contributed by atoms with E-state index in [9.17, 15) is 14.4 Å². The Labute approximate surface area is 117 Å². The maximum absolute atomic E-state index is 11.9. The van der Waals surface area contributed by atoms with E-state index in [2.05, 4.69) is 10.1 Å². The minimum atomic E-state index is -0.770. The summed E-state index contributed by atoms with van der Waals surface area (Å²) in [6, 6.07) is -0.770. The maximum atomic E-state index is 11.9. The third-order valence-corrected chi connectivity index (χ3v) is 2.46. The van der Waals surface area contributed by atoms with Gasteiger partial charge in [-0.05, 0) is 20.8 Å². The van der Waals surface area contributed by atoms with Crippen LogP contribution in [0.3, 0.4) is 0 Å². The lowest BCUT2D eigenvalue weighted by Gasteiger charge is -2.22. The second-order valence-electron chi connectivity index (χ2n) is 5.26. The third kappa shape index (κ3) is 4.69. The topological polar surface area (TPSA) is 94.2 Å². The average Bonchev–Trinajstić information content (AvgIpc) is 2.82. The average molecular weight is 288 g/mol. The number of carbonyl (C=O) groups excluding carboxylic acids is 3. The SMILES string of the molecule is COC(=O)C1COCN1C(=O)CNC(=O)OC(C)(C)C. The number of rotatable bonds is 3. The van der Waals surface area contributed by atoms with Crippen LogP contribution in [-0.2, 0) is 23.8 Å². The molecule has 0 aromatic rings. The van der Waals surface area contributed by atoms with Crippen molar-refractivity contribution in [2.45, 2.75) is 32.4 Å². The van der Waals surface area contributed by atoms with Crippen LogP contribution >= 0.6 is 0 Å². The van der Waals surface area contributed by atoms with E-state index in [1.165, 1.54) is 12.0 Å². The first kappa shape index (κ1) is 16.2. The summed E-state index contributed by atoms with van der Waals surface area (Å²) in [5.74, 6) is -0.989. The summed E-state index contributed by atoms with van der Waals surface area (Å²) < 4.78 is 14.6. The van der Waals surface area contributed by atoms with Gasteiger partial charge >= 0.3 is 12.1 Å². The van der Waals surface area contributed by atoms with Gasteiger partial charge in [0.2, 0.25) is 5.91 Å². The Kier molecular flexibility index (Phi) is 5.32. The van der Waals surface area contributed by atoms with Gasteiger partial charge in [-0.2, -0.15) is 0 Å². The fraction of sp³-hybridized carbons (Fsp3) is 0.750. The smallest absolute Gasteiger partial charge is 0.408 e. The molecule has 1 rings (SSSR count). The van der Waals surface area contributed by atoms with Crippen molar-refractivity contribution >= 4 is 18.0 Å². The molecule has 1 N–H and O–H groups in total. The predicted molar refractivity (Wildman–Crippen MR) is 67.7 cm³/mol. The summed E-state index contributed by atoms with van der Waals surface area (Å²) in [7, 11) is 1.24. The third-order valence-electron chi connectivity index (χ3n) is 2.46. The van der Waals surface area contributed by atoms with Crippen LogP contribution in [0.2, 0.25) is 0 Å². The first-order chi connectivity index (χ1) is 9.24. The second-order valence-corrected chi connectivity index (χ2v) is 5.26. The van der Waals surface area contributed by atoms with Crippen LogP contribution in [-0.4, -0.2) is 61.5 Å². The quantitative estimate of drug-likeness (QED) is 0.727. The molecule has 1 saturated heterocycles. The molecule has 1 aliphatic heterocycles. The largest absolute Gasteiger partial charge is 0.467 e. The Morgan fingerprint density at radius 2 is 2.00 bits per heavy atom. The second kappa shape index (κ2) is 6.56. The number of hydrogen-bond acceptors (Lipinski definition) is 6. The summed E-state index contributed by atoms with van der Waals surface area (Å²) in [5, 5.41) is 2.33. The van der Waals surface area contributed by atoms with Crippen molar-refractivity contribution < 1.29 is 28.6 Å². The Balaban J connectivity index is 2.46. The predicted octanol–water partition coefficient (Wildman–Crippen LogP) is -0.131. The summed E-state index contributed by atoms with van der Waals surface area (Å²) >= 11 is 0. The Hall–Kier alpha value is -1.83. The molecule has 1 atom stereocenters. The van der Waals surface area contributed by atoms with Gasteiger partial charge in [-0.3, -0.25) is 4.79 Å². The maximum Gasteiger partial charge on any atom is 0.408 e. The highest BCUT2D eigenvalue weighted by molar-refractivity contribution is 5.87. The molecule has 2 amide bonds. The molecule has 1 aliphatic rings. The van der Waals surface area contributed by atoms with Crippen LogP contribution in [0.25, 0.3) is 0 Å². The molecule has 0 spiro atoms. The zero-order valence-corrected chi connectivity index (χ0v) is 12.1. The van der Waals surface area contributed by atoms with Crippen molar-refractivity contribution in [2.24, 2.45) is 0 Å². The molecule has 0 aromatic carbocycles. The van der Waals surface area contributed by atoms with Gasteiger partial charge in [0.15, 0.2) is 6.04 Å². The van der Waals surface area contributed by atoms with E-state index in [1.807, 2.05) is 0 Å². The number of ether oxygens (including phenoxy) is 3. The van der Waals surface area contributed by atoms with Crippen molar-refractivity contribution in [1.82, 2.24) is 10.2 Å². The molecule has 1 heterocycles. The van der Waals surface area contributed by atoms with Crippen LogP contribution in [0.4, 0.5) is 4.79 Å². The summed E-state index contributed by atoms with van der Waals surface area (Å²) in [6.45, 7) is 4.97. The normalized spacial score (nSPS) is 18.6. The number of hydrogen-bond donors (Lipinski definition) is 1. The zero-order chi connectivity index (χ0) is 15.3. The van der Waals surface area contributed by atoms with Gasteiger partial charge in [-0.25, -0.2) is 9.59 Å². The van der Waals surface area contributed by atoms with Crippen LogP contribution in [0.1, 0.15) is 20.8 Å². The van der Waals surface area contributed by atoms with E-state index >= 15 is 0 Å². The number of alkyl carbamates (subject to hydrolysis) is 1. The number of methoxy groups -OCH3 is 1. The lowest BCUT2D eigenvalue weighted by Crippen LogP contribution is -2.47. The molecule has 8 heteroatoms. The standard InChI is InChI=1S/C12H20N2O6/c1-12(2,3)20-11(17)13-5-9(15)14-7-19-6-8(14)10(16)18-4/h8H,5-7H2,1-4H3,(H,13,17). The highest BCUT2D eigenvalue weighted by atomic mass is 16.6. The lowest BCUT2D eigenvalue weighted by atomic mass is 10.2. The van der Waals surface area contributed by atoms with Crippen molar-refractivity contribution in [3.05, 3.63) is 0 Å². The van der Waals surface area contributed by atoms with Gasteiger partial charge in [0, 0.05) is 0 Å². The Morgan fingerprint density at radius 1 is 1.35 bits per heavy atom. The highest BCUT2D eigenvalue weighted by Crippen LogP contribution is 2.11. The number of carbonyl (C=O) groups is 3. The molecule has 8 nitrogen and oxygen atoms in total. The van der Waals surface area contributed by atoms with Crippen molar-refractivity contribution in [2.75, 3.05) is 27.0 Å². The van der Waals surface area contributed by atoms with Crippen LogP contribution < -0.4 is 5.32 Å². The Morgan fingerprint density at radius 3 is 2.55 bits per heavy atom. The molecule has 20 heavy (non-hydrogen) atoms. The minimum Gasteiger partial charge on any atom is -0.467 e. The highest BCUT2D eigenvalue weighted by Gasteiger charge is 2.35. The molecular weight excluding hydrogens is 268 g/mol. The fourth-order valence-electron chi connectivity index (χ4n) is 1.58. The monoisotopic (exact) mass is 288 g/mol. The van der Waals surface area contributed by atoms with E-state index in [-0.39, 0.29) is 19.9 Å². The molecular formula is C12H20N2O6. The van der Waals surface area contributed by atoms with Crippen LogP contribution in [0, 0.1) is 0 Å². The molecule has 0 saturated carbocycles. The van der Waals surface area contributed by atoms with Crippen molar-refractivity contribution in [1.29, 1.82) is 0 Å². The van der Waals surface area contributed by atoms with E-state index < -0.39 is 29.6 Å². The first-order valence-electron chi connectivity index (χ1n) is 6.16. The number of amides is 2. The summed E-state index contributed by atoms with van der Waals surface area (Å²) in [4.78, 5) is 36.0. The van der Waals surface area contributed by atoms with Gasteiger partial charge in [0.25, 0.3) is 0 Å². The van der Waals surface area contributed by atoms with Gasteiger partial charge < -0.3 is 24.4 Å². The van der Waals surface area contributed by atoms with Gasteiger partial charge in [-0.15, -0.1) is 0 Å². The minimum absolute atomic E-state index is 0.00536. The van der Waals surface area contributed by atoms with E-state index in [0.717, 1.165) is 0 Å². The molecule has 114 valence electrons. The van der Waals surface area contributed by atoms with Gasteiger partial charge in [-0.1, -0.05) is 0 Å². The molecule has 1 unspecified atom stereocenters. The number of nitrogens with one attached hydrogen (secondary N) is 1. The van der Waals surface area contributed by atoms with Gasteiger partial charge in [0.1, 0.15) is 18.9 Å².